The Labute approximate surface area is 78.5 Å². The van der Waals surface area contributed by atoms with E-state index in [2.05, 4.69) is 5.48 Å². The van der Waals surface area contributed by atoms with Crippen LogP contribution in [0.3, 0.4) is 0 Å². The Morgan fingerprint density at radius 1 is 1.46 bits per heavy atom. The SMILES string of the molecule is COCCONC(=O)CC(C)(C)N. The Hall–Kier alpha value is -0.650. The molecule has 0 aliphatic heterocycles. The van der Waals surface area contributed by atoms with Crippen molar-refractivity contribution in [1.82, 2.24) is 5.48 Å². The average Bonchev–Trinajstić information content (AvgIpc) is 1.94. The molecule has 0 heterocycles. The fraction of sp³-hybridized carbons (Fsp3) is 0.875. The zero-order valence-corrected chi connectivity index (χ0v) is 8.42. The summed E-state index contributed by atoms with van der Waals surface area (Å²) in [6.45, 7) is 4.35. The van der Waals surface area contributed by atoms with Crippen LogP contribution in [0.15, 0.2) is 0 Å². The number of nitrogens with one attached hydrogen (secondary N) is 1. The van der Waals surface area contributed by atoms with Crippen LogP contribution in [-0.2, 0) is 14.4 Å². The van der Waals surface area contributed by atoms with E-state index in [1.165, 1.54) is 0 Å². The van der Waals surface area contributed by atoms with Gasteiger partial charge in [0.2, 0.25) is 5.91 Å². The summed E-state index contributed by atoms with van der Waals surface area (Å²) in [4.78, 5) is 15.9. The second-order valence-corrected chi connectivity index (χ2v) is 3.53. The van der Waals surface area contributed by atoms with Crippen molar-refractivity contribution in [2.45, 2.75) is 25.8 Å². The van der Waals surface area contributed by atoms with Crippen LogP contribution in [0.4, 0.5) is 0 Å². The third kappa shape index (κ3) is 9.26. The maximum absolute atomic E-state index is 11.1. The molecular weight excluding hydrogens is 172 g/mol. The molecule has 13 heavy (non-hydrogen) atoms. The van der Waals surface area contributed by atoms with E-state index in [0.717, 1.165) is 0 Å². The molecule has 5 heteroatoms. The lowest BCUT2D eigenvalue weighted by atomic mass is 10.0. The molecular formula is C8H18N2O3. The molecule has 0 fully saturated rings. The maximum atomic E-state index is 11.1. The molecule has 0 aliphatic carbocycles. The van der Waals surface area contributed by atoms with Crippen molar-refractivity contribution in [2.75, 3.05) is 20.3 Å². The summed E-state index contributed by atoms with van der Waals surface area (Å²) in [5.74, 6) is -0.219. The molecule has 78 valence electrons. The molecule has 1 amide bonds. The monoisotopic (exact) mass is 190 g/mol. The van der Waals surface area contributed by atoms with Crippen LogP contribution in [0.1, 0.15) is 20.3 Å². The highest BCUT2D eigenvalue weighted by atomic mass is 16.7. The first-order chi connectivity index (χ1) is 5.95. The Bertz CT molecular complexity index is 154. The van der Waals surface area contributed by atoms with Gasteiger partial charge in [-0.3, -0.25) is 9.63 Å². The van der Waals surface area contributed by atoms with Gasteiger partial charge in [0.15, 0.2) is 0 Å². The summed E-state index contributed by atoms with van der Waals surface area (Å²) in [7, 11) is 1.56. The van der Waals surface area contributed by atoms with E-state index >= 15 is 0 Å². The molecule has 0 saturated heterocycles. The average molecular weight is 190 g/mol. The molecule has 0 aromatic carbocycles. The van der Waals surface area contributed by atoms with Crippen molar-refractivity contribution in [3.05, 3.63) is 0 Å². The summed E-state index contributed by atoms with van der Waals surface area (Å²) >= 11 is 0. The lowest BCUT2D eigenvalue weighted by molar-refractivity contribution is -0.135. The van der Waals surface area contributed by atoms with E-state index in [1.54, 1.807) is 21.0 Å². The van der Waals surface area contributed by atoms with Crippen LogP contribution in [0, 0.1) is 0 Å². The van der Waals surface area contributed by atoms with Crippen molar-refractivity contribution in [1.29, 1.82) is 0 Å². The Kier molecular flexibility index (Phi) is 5.61. The number of carbonyl (C=O) groups excluding carboxylic acids is 1. The van der Waals surface area contributed by atoms with E-state index in [4.69, 9.17) is 15.3 Å². The Morgan fingerprint density at radius 3 is 2.54 bits per heavy atom. The quantitative estimate of drug-likeness (QED) is 0.449. The summed E-state index contributed by atoms with van der Waals surface area (Å²) < 4.78 is 4.72. The normalized spacial score (nSPS) is 11.4. The van der Waals surface area contributed by atoms with Crippen molar-refractivity contribution in [3.8, 4) is 0 Å². The molecule has 0 aliphatic rings. The Balaban J connectivity index is 3.41. The number of ether oxygens (including phenoxy) is 1. The number of hydroxylamine groups is 1. The molecule has 0 unspecified atom stereocenters. The Morgan fingerprint density at radius 2 is 2.08 bits per heavy atom. The van der Waals surface area contributed by atoms with Gasteiger partial charge in [0.05, 0.1) is 13.2 Å². The zero-order valence-electron chi connectivity index (χ0n) is 8.42. The lowest BCUT2D eigenvalue weighted by Gasteiger charge is -2.17. The predicted molar refractivity (Wildman–Crippen MR) is 48.9 cm³/mol. The van der Waals surface area contributed by atoms with Gasteiger partial charge in [-0.1, -0.05) is 0 Å². The number of hydrogen-bond acceptors (Lipinski definition) is 4. The van der Waals surface area contributed by atoms with E-state index in [0.29, 0.717) is 13.2 Å². The van der Waals surface area contributed by atoms with Crippen LogP contribution in [-0.4, -0.2) is 31.8 Å². The van der Waals surface area contributed by atoms with E-state index in [9.17, 15) is 4.79 Å². The van der Waals surface area contributed by atoms with E-state index < -0.39 is 5.54 Å². The van der Waals surface area contributed by atoms with Gasteiger partial charge in [-0.15, -0.1) is 0 Å². The smallest absolute Gasteiger partial charge is 0.245 e. The van der Waals surface area contributed by atoms with Crippen LogP contribution >= 0.6 is 0 Å². The van der Waals surface area contributed by atoms with Crippen molar-refractivity contribution >= 4 is 5.91 Å². The molecule has 0 aromatic heterocycles. The third-order valence-corrected chi connectivity index (χ3v) is 1.19. The molecule has 0 bridgehead atoms. The molecule has 0 radical (unpaired) electrons. The molecule has 3 N–H and O–H groups in total. The number of amides is 1. The summed E-state index contributed by atoms with van der Waals surface area (Å²) in [6.07, 6.45) is 0.236. The first kappa shape index (κ1) is 12.3. The largest absolute Gasteiger partial charge is 0.382 e. The molecule has 5 nitrogen and oxygen atoms in total. The van der Waals surface area contributed by atoms with Crippen molar-refractivity contribution in [3.63, 3.8) is 0 Å². The fourth-order valence-corrected chi connectivity index (χ4v) is 0.706. The van der Waals surface area contributed by atoms with Gasteiger partial charge < -0.3 is 10.5 Å². The van der Waals surface area contributed by atoms with Crippen LogP contribution in [0.2, 0.25) is 0 Å². The minimum absolute atomic E-state index is 0.219. The first-order valence-electron chi connectivity index (χ1n) is 4.14. The molecule has 0 saturated carbocycles. The third-order valence-electron chi connectivity index (χ3n) is 1.19. The predicted octanol–water partition coefficient (Wildman–Crippen LogP) is -0.192. The van der Waals surface area contributed by atoms with E-state index in [-0.39, 0.29) is 12.3 Å². The highest BCUT2D eigenvalue weighted by molar-refractivity contribution is 5.75. The highest BCUT2D eigenvalue weighted by Crippen LogP contribution is 2.02. The van der Waals surface area contributed by atoms with Crippen molar-refractivity contribution < 1.29 is 14.4 Å². The number of methoxy groups -OCH3 is 1. The standard InChI is InChI=1S/C8H18N2O3/c1-8(2,9)6-7(11)10-13-5-4-12-3/h4-6,9H2,1-3H3,(H,10,11). The fourth-order valence-electron chi connectivity index (χ4n) is 0.706. The molecule has 0 spiro atoms. The first-order valence-corrected chi connectivity index (χ1v) is 4.14. The van der Waals surface area contributed by atoms with Gasteiger partial charge in [-0.25, -0.2) is 5.48 Å². The number of nitrogens with two attached hydrogens (primary N) is 1. The van der Waals surface area contributed by atoms with E-state index in [1.807, 2.05) is 0 Å². The topological polar surface area (TPSA) is 73.6 Å². The van der Waals surface area contributed by atoms with Gasteiger partial charge in [-0.05, 0) is 13.8 Å². The van der Waals surface area contributed by atoms with Gasteiger partial charge in [0.1, 0.15) is 0 Å². The summed E-state index contributed by atoms with van der Waals surface area (Å²) in [5, 5.41) is 0. The van der Waals surface area contributed by atoms with Crippen molar-refractivity contribution in [2.24, 2.45) is 5.73 Å². The number of carbonyl (C=O) groups is 1. The van der Waals surface area contributed by atoms with Crippen LogP contribution in [0.5, 0.6) is 0 Å². The van der Waals surface area contributed by atoms with Gasteiger partial charge in [0.25, 0.3) is 0 Å². The lowest BCUT2D eigenvalue weighted by Crippen LogP contribution is -2.39. The molecule has 0 atom stereocenters. The maximum Gasteiger partial charge on any atom is 0.245 e. The minimum atomic E-state index is -0.505. The second kappa shape index (κ2) is 5.90. The minimum Gasteiger partial charge on any atom is -0.382 e. The number of hydrogen-bond donors (Lipinski definition) is 2. The van der Waals surface area contributed by atoms with Crippen LogP contribution in [0.25, 0.3) is 0 Å². The summed E-state index contributed by atoms with van der Waals surface area (Å²) in [5.41, 5.74) is 7.40. The van der Waals surface area contributed by atoms with Gasteiger partial charge >= 0.3 is 0 Å². The second-order valence-electron chi connectivity index (χ2n) is 3.53. The van der Waals surface area contributed by atoms with Gasteiger partial charge in [-0.2, -0.15) is 0 Å². The van der Waals surface area contributed by atoms with Crippen LogP contribution < -0.4 is 11.2 Å². The summed E-state index contributed by atoms with van der Waals surface area (Å²) in [6, 6.07) is 0. The molecule has 0 aromatic rings. The molecule has 0 rings (SSSR count). The van der Waals surface area contributed by atoms with Gasteiger partial charge in [0, 0.05) is 19.1 Å². The highest BCUT2D eigenvalue weighted by Gasteiger charge is 2.15. The number of rotatable bonds is 6. The zero-order chi connectivity index (χ0) is 10.3.